The van der Waals surface area contributed by atoms with Crippen molar-refractivity contribution < 1.29 is 13.9 Å². The molecule has 0 fully saturated rings. The molecule has 1 aromatic heterocycles. The second-order valence-electron chi connectivity index (χ2n) is 4.36. The smallest absolute Gasteiger partial charge is 0.254 e. The van der Waals surface area contributed by atoms with E-state index in [0.717, 1.165) is 10.0 Å². The van der Waals surface area contributed by atoms with Crippen LogP contribution in [-0.2, 0) is 11.3 Å². The minimum atomic E-state index is -0.0178. The Bertz CT molecular complexity index is 537. The summed E-state index contributed by atoms with van der Waals surface area (Å²) in [6, 6.07) is 9.19. The molecule has 5 heteroatoms. The molecule has 106 valence electrons. The van der Waals surface area contributed by atoms with Crippen LogP contribution in [0.3, 0.4) is 0 Å². The molecule has 1 amide bonds. The van der Waals surface area contributed by atoms with Crippen molar-refractivity contribution in [3.05, 3.63) is 58.5 Å². The van der Waals surface area contributed by atoms with E-state index in [1.54, 1.807) is 24.5 Å². The number of benzene rings is 1. The largest absolute Gasteiger partial charge is 0.472 e. The second kappa shape index (κ2) is 7.26. The maximum atomic E-state index is 12.5. The molecule has 0 aliphatic heterocycles. The maximum Gasteiger partial charge on any atom is 0.254 e. The first-order chi connectivity index (χ1) is 9.70. The van der Waals surface area contributed by atoms with Crippen LogP contribution in [0, 0.1) is 0 Å². The minimum Gasteiger partial charge on any atom is -0.472 e. The van der Waals surface area contributed by atoms with E-state index in [1.165, 1.54) is 0 Å². The molecule has 0 aliphatic rings. The van der Waals surface area contributed by atoms with Crippen molar-refractivity contribution in [1.82, 2.24) is 4.90 Å². The van der Waals surface area contributed by atoms with E-state index in [-0.39, 0.29) is 5.91 Å². The molecule has 0 aliphatic carbocycles. The SMILES string of the molecule is COCCN(Cc1ccoc1)C(=O)c1ccc(Br)cc1. The summed E-state index contributed by atoms with van der Waals surface area (Å²) in [5, 5.41) is 0. The van der Waals surface area contributed by atoms with E-state index in [2.05, 4.69) is 15.9 Å². The summed E-state index contributed by atoms with van der Waals surface area (Å²) in [4.78, 5) is 14.3. The number of methoxy groups -OCH3 is 1. The summed E-state index contributed by atoms with van der Waals surface area (Å²) in [5.74, 6) is -0.0178. The van der Waals surface area contributed by atoms with Crippen molar-refractivity contribution >= 4 is 21.8 Å². The lowest BCUT2D eigenvalue weighted by atomic mass is 10.2. The van der Waals surface area contributed by atoms with Gasteiger partial charge in [-0.2, -0.15) is 0 Å². The number of halogens is 1. The van der Waals surface area contributed by atoms with Crippen molar-refractivity contribution in [2.45, 2.75) is 6.54 Å². The second-order valence-corrected chi connectivity index (χ2v) is 5.27. The van der Waals surface area contributed by atoms with Crippen LogP contribution in [-0.4, -0.2) is 31.1 Å². The summed E-state index contributed by atoms with van der Waals surface area (Å²) in [6.45, 7) is 1.55. The van der Waals surface area contributed by atoms with Crippen LogP contribution in [0.1, 0.15) is 15.9 Å². The average Bonchev–Trinajstić information content (AvgIpc) is 2.96. The Morgan fingerprint density at radius 1 is 1.30 bits per heavy atom. The quantitative estimate of drug-likeness (QED) is 0.811. The summed E-state index contributed by atoms with van der Waals surface area (Å²) in [5.41, 5.74) is 1.62. The predicted octanol–water partition coefficient (Wildman–Crippen LogP) is 3.33. The van der Waals surface area contributed by atoms with Crippen LogP contribution in [0.15, 0.2) is 51.7 Å². The van der Waals surface area contributed by atoms with Gasteiger partial charge in [0.15, 0.2) is 0 Å². The average molecular weight is 338 g/mol. The van der Waals surface area contributed by atoms with E-state index in [9.17, 15) is 4.79 Å². The number of carbonyl (C=O) groups is 1. The van der Waals surface area contributed by atoms with Crippen LogP contribution in [0.2, 0.25) is 0 Å². The molecule has 2 rings (SSSR count). The molecule has 4 nitrogen and oxygen atoms in total. The third-order valence-electron chi connectivity index (χ3n) is 2.90. The molecule has 0 atom stereocenters. The van der Waals surface area contributed by atoms with Gasteiger partial charge in [0.1, 0.15) is 0 Å². The Balaban J connectivity index is 2.12. The molecule has 0 unspecified atom stereocenters. The Labute approximate surface area is 126 Å². The Morgan fingerprint density at radius 2 is 2.05 bits per heavy atom. The Morgan fingerprint density at radius 3 is 2.65 bits per heavy atom. The zero-order valence-electron chi connectivity index (χ0n) is 11.2. The van der Waals surface area contributed by atoms with Crippen molar-refractivity contribution in [1.29, 1.82) is 0 Å². The molecule has 2 aromatic rings. The van der Waals surface area contributed by atoms with Crippen LogP contribution >= 0.6 is 15.9 Å². The van der Waals surface area contributed by atoms with Crippen molar-refractivity contribution in [3.8, 4) is 0 Å². The van der Waals surface area contributed by atoms with Gasteiger partial charge in [-0.1, -0.05) is 15.9 Å². The number of amides is 1. The minimum absolute atomic E-state index is 0.0178. The van der Waals surface area contributed by atoms with E-state index >= 15 is 0 Å². The first kappa shape index (κ1) is 14.8. The lowest BCUT2D eigenvalue weighted by Gasteiger charge is -2.22. The Kier molecular flexibility index (Phi) is 5.38. The Hall–Kier alpha value is -1.59. The zero-order chi connectivity index (χ0) is 14.4. The fourth-order valence-corrected chi connectivity index (χ4v) is 2.10. The molecule has 1 heterocycles. The van der Waals surface area contributed by atoms with E-state index in [0.29, 0.717) is 25.3 Å². The molecule has 1 aromatic carbocycles. The van der Waals surface area contributed by atoms with Crippen LogP contribution < -0.4 is 0 Å². The number of carbonyl (C=O) groups excluding carboxylic acids is 1. The highest BCUT2D eigenvalue weighted by molar-refractivity contribution is 9.10. The fraction of sp³-hybridized carbons (Fsp3) is 0.267. The number of nitrogens with zero attached hydrogens (tertiary/aromatic N) is 1. The van der Waals surface area contributed by atoms with Gasteiger partial charge in [-0.25, -0.2) is 0 Å². The van der Waals surface area contributed by atoms with Crippen molar-refractivity contribution in [3.63, 3.8) is 0 Å². The first-order valence-corrected chi connectivity index (χ1v) is 7.05. The molecular formula is C15H16BrNO3. The number of ether oxygens (including phenoxy) is 1. The highest BCUT2D eigenvalue weighted by Crippen LogP contribution is 2.14. The molecule has 0 saturated heterocycles. The number of rotatable bonds is 6. The van der Waals surface area contributed by atoms with Gasteiger partial charge in [0.25, 0.3) is 5.91 Å². The predicted molar refractivity (Wildman–Crippen MR) is 79.5 cm³/mol. The summed E-state index contributed by atoms with van der Waals surface area (Å²) < 4.78 is 11.1. The lowest BCUT2D eigenvalue weighted by molar-refractivity contribution is 0.0680. The van der Waals surface area contributed by atoms with Gasteiger partial charge < -0.3 is 14.1 Å². The monoisotopic (exact) mass is 337 g/mol. The molecule has 0 radical (unpaired) electrons. The van der Waals surface area contributed by atoms with E-state index < -0.39 is 0 Å². The number of furan rings is 1. The summed E-state index contributed by atoms with van der Waals surface area (Å²) in [6.07, 6.45) is 3.25. The molecular weight excluding hydrogens is 322 g/mol. The van der Waals surface area contributed by atoms with Crippen LogP contribution in [0.4, 0.5) is 0 Å². The molecule has 0 saturated carbocycles. The highest BCUT2D eigenvalue weighted by atomic mass is 79.9. The van der Waals surface area contributed by atoms with Gasteiger partial charge in [0.05, 0.1) is 19.1 Å². The van der Waals surface area contributed by atoms with Gasteiger partial charge in [-0.05, 0) is 30.3 Å². The maximum absolute atomic E-state index is 12.5. The van der Waals surface area contributed by atoms with Gasteiger partial charge in [-0.3, -0.25) is 4.79 Å². The van der Waals surface area contributed by atoms with Crippen LogP contribution in [0.5, 0.6) is 0 Å². The summed E-state index contributed by atoms with van der Waals surface area (Å²) >= 11 is 3.36. The van der Waals surface area contributed by atoms with E-state index in [1.807, 2.05) is 30.3 Å². The summed E-state index contributed by atoms with van der Waals surface area (Å²) in [7, 11) is 1.63. The van der Waals surface area contributed by atoms with Crippen molar-refractivity contribution in [2.24, 2.45) is 0 Å². The topological polar surface area (TPSA) is 42.7 Å². The third-order valence-corrected chi connectivity index (χ3v) is 3.43. The highest BCUT2D eigenvalue weighted by Gasteiger charge is 2.16. The van der Waals surface area contributed by atoms with Gasteiger partial charge >= 0.3 is 0 Å². The third kappa shape index (κ3) is 3.95. The molecule has 0 bridgehead atoms. The molecule has 0 N–H and O–H groups in total. The van der Waals surface area contributed by atoms with Crippen molar-refractivity contribution in [2.75, 3.05) is 20.3 Å². The number of hydrogen-bond donors (Lipinski definition) is 0. The fourth-order valence-electron chi connectivity index (χ4n) is 1.83. The standard InChI is InChI=1S/C15H16BrNO3/c1-19-9-7-17(10-12-6-8-20-11-12)15(18)13-2-4-14(16)5-3-13/h2-6,8,11H,7,9-10H2,1H3. The normalized spacial score (nSPS) is 10.5. The van der Waals surface area contributed by atoms with Gasteiger partial charge in [0, 0.05) is 35.8 Å². The van der Waals surface area contributed by atoms with Gasteiger partial charge in [-0.15, -0.1) is 0 Å². The number of hydrogen-bond acceptors (Lipinski definition) is 3. The van der Waals surface area contributed by atoms with Crippen LogP contribution in [0.25, 0.3) is 0 Å². The lowest BCUT2D eigenvalue weighted by Crippen LogP contribution is -2.33. The first-order valence-electron chi connectivity index (χ1n) is 6.25. The van der Waals surface area contributed by atoms with Gasteiger partial charge in [0.2, 0.25) is 0 Å². The molecule has 20 heavy (non-hydrogen) atoms. The molecule has 0 spiro atoms. The zero-order valence-corrected chi connectivity index (χ0v) is 12.8. The van der Waals surface area contributed by atoms with E-state index in [4.69, 9.17) is 9.15 Å².